The molecule has 1 aromatic carbocycles. The van der Waals surface area contributed by atoms with E-state index in [4.69, 9.17) is 9.84 Å². The largest absolute Gasteiger partial charge is 0.497 e. The van der Waals surface area contributed by atoms with E-state index in [1.807, 2.05) is 0 Å². The minimum absolute atomic E-state index is 0.000854. The molecule has 0 radical (unpaired) electrons. The summed E-state index contributed by atoms with van der Waals surface area (Å²) >= 11 is 0. The number of benzene rings is 1. The van der Waals surface area contributed by atoms with E-state index in [1.54, 1.807) is 18.2 Å². The van der Waals surface area contributed by atoms with Crippen molar-refractivity contribution in [2.24, 2.45) is 5.92 Å². The Morgan fingerprint density at radius 1 is 1.38 bits per heavy atom. The van der Waals surface area contributed by atoms with Gasteiger partial charge in [0.25, 0.3) is 0 Å². The molecule has 0 saturated heterocycles. The maximum absolute atomic E-state index is 12.6. The van der Waals surface area contributed by atoms with Crippen LogP contribution in [0.1, 0.15) is 31.7 Å². The number of sulfonamides is 1. The van der Waals surface area contributed by atoms with Crippen LogP contribution in [-0.2, 0) is 16.4 Å². The minimum atomic E-state index is -3.57. The molecule has 6 heteroatoms. The fourth-order valence-corrected chi connectivity index (χ4v) is 4.47. The van der Waals surface area contributed by atoms with E-state index in [1.165, 1.54) is 7.11 Å². The Kier molecular flexibility index (Phi) is 5.24. The number of methoxy groups -OCH3 is 1. The van der Waals surface area contributed by atoms with Gasteiger partial charge in [0.1, 0.15) is 5.75 Å². The average molecular weight is 313 g/mol. The summed E-state index contributed by atoms with van der Waals surface area (Å²) in [7, 11) is -2.04. The SMILES string of the molecule is COc1ccc(S(=O)(=O)NC2CCCC2C)c(CCO)c1. The van der Waals surface area contributed by atoms with Gasteiger partial charge in [0, 0.05) is 12.6 Å². The molecule has 5 nitrogen and oxygen atoms in total. The lowest BCUT2D eigenvalue weighted by atomic mass is 10.1. The number of aliphatic hydroxyl groups excluding tert-OH is 1. The fourth-order valence-electron chi connectivity index (χ4n) is 2.84. The minimum Gasteiger partial charge on any atom is -0.497 e. The van der Waals surface area contributed by atoms with Crippen LogP contribution in [-0.4, -0.2) is 33.3 Å². The highest BCUT2D eigenvalue weighted by Crippen LogP contribution is 2.28. The molecular weight excluding hydrogens is 290 g/mol. The zero-order valence-electron chi connectivity index (χ0n) is 12.5. The molecular formula is C15H23NO4S. The maximum atomic E-state index is 12.6. The van der Waals surface area contributed by atoms with Crippen LogP contribution in [0.5, 0.6) is 5.75 Å². The molecule has 0 amide bonds. The average Bonchev–Trinajstić information content (AvgIpc) is 2.83. The third-order valence-electron chi connectivity index (χ3n) is 4.11. The first-order chi connectivity index (χ1) is 9.97. The van der Waals surface area contributed by atoms with Crippen molar-refractivity contribution in [2.45, 2.75) is 43.5 Å². The van der Waals surface area contributed by atoms with Gasteiger partial charge in [-0.15, -0.1) is 0 Å². The van der Waals surface area contributed by atoms with Crippen molar-refractivity contribution in [2.75, 3.05) is 13.7 Å². The van der Waals surface area contributed by atoms with Crippen LogP contribution < -0.4 is 9.46 Å². The van der Waals surface area contributed by atoms with E-state index < -0.39 is 10.0 Å². The van der Waals surface area contributed by atoms with E-state index in [0.717, 1.165) is 19.3 Å². The van der Waals surface area contributed by atoms with Gasteiger partial charge >= 0.3 is 0 Å². The van der Waals surface area contributed by atoms with E-state index in [0.29, 0.717) is 17.2 Å². The molecule has 0 spiro atoms. The predicted molar refractivity (Wildman–Crippen MR) is 80.9 cm³/mol. The van der Waals surface area contributed by atoms with Crippen molar-refractivity contribution in [1.29, 1.82) is 0 Å². The van der Waals surface area contributed by atoms with Crippen LogP contribution in [0.2, 0.25) is 0 Å². The van der Waals surface area contributed by atoms with Crippen LogP contribution in [0.15, 0.2) is 23.1 Å². The Labute approximate surface area is 126 Å². The van der Waals surface area contributed by atoms with Gasteiger partial charge in [0.15, 0.2) is 0 Å². The smallest absolute Gasteiger partial charge is 0.241 e. The Morgan fingerprint density at radius 2 is 2.14 bits per heavy atom. The molecule has 1 fully saturated rings. The Bertz CT molecular complexity index is 585. The van der Waals surface area contributed by atoms with Crippen molar-refractivity contribution in [1.82, 2.24) is 4.72 Å². The predicted octanol–water partition coefficient (Wildman–Crippen LogP) is 1.70. The molecule has 0 aliphatic heterocycles. The quantitative estimate of drug-likeness (QED) is 0.838. The topological polar surface area (TPSA) is 75.6 Å². The lowest BCUT2D eigenvalue weighted by Crippen LogP contribution is -2.36. The highest BCUT2D eigenvalue weighted by Gasteiger charge is 2.29. The van der Waals surface area contributed by atoms with Gasteiger partial charge in [0.2, 0.25) is 10.0 Å². The van der Waals surface area contributed by atoms with Crippen molar-refractivity contribution < 1.29 is 18.3 Å². The molecule has 1 aromatic rings. The normalized spacial score (nSPS) is 22.4. The lowest BCUT2D eigenvalue weighted by molar-refractivity contribution is 0.298. The second kappa shape index (κ2) is 6.77. The van der Waals surface area contributed by atoms with Gasteiger partial charge in [-0.05, 0) is 48.9 Å². The summed E-state index contributed by atoms with van der Waals surface area (Å²) in [6.45, 7) is 1.97. The summed E-state index contributed by atoms with van der Waals surface area (Å²) < 4.78 is 33.1. The first kappa shape index (κ1) is 16.3. The molecule has 0 heterocycles. The maximum Gasteiger partial charge on any atom is 0.241 e. The van der Waals surface area contributed by atoms with E-state index >= 15 is 0 Å². The van der Waals surface area contributed by atoms with Crippen molar-refractivity contribution in [3.63, 3.8) is 0 Å². The summed E-state index contributed by atoms with van der Waals surface area (Å²) in [4.78, 5) is 0.233. The van der Waals surface area contributed by atoms with Crippen molar-refractivity contribution in [3.05, 3.63) is 23.8 Å². The fraction of sp³-hybridized carbons (Fsp3) is 0.600. The second-order valence-corrected chi connectivity index (χ2v) is 7.27. The van der Waals surface area contributed by atoms with Gasteiger partial charge in [-0.25, -0.2) is 13.1 Å². The van der Waals surface area contributed by atoms with Crippen LogP contribution in [0.3, 0.4) is 0 Å². The van der Waals surface area contributed by atoms with Crippen molar-refractivity contribution in [3.8, 4) is 5.75 Å². The monoisotopic (exact) mass is 313 g/mol. The zero-order chi connectivity index (χ0) is 15.5. The molecule has 1 aliphatic rings. The Morgan fingerprint density at radius 3 is 2.71 bits per heavy atom. The van der Waals surface area contributed by atoms with Crippen molar-refractivity contribution >= 4 is 10.0 Å². The first-order valence-corrected chi connectivity index (χ1v) is 8.76. The molecule has 118 valence electrons. The Hall–Kier alpha value is -1.11. The lowest BCUT2D eigenvalue weighted by Gasteiger charge is -2.19. The molecule has 0 aromatic heterocycles. The molecule has 0 bridgehead atoms. The molecule has 2 unspecified atom stereocenters. The molecule has 1 aliphatic carbocycles. The highest BCUT2D eigenvalue weighted by molar-refractivity contribution is 7.89. The number of hydrogen-bond donors (Lipinski definition) is 2. The summed E-state index contributed by atoms with van der Waals surface area (Å²) in [6.07, 6.45) is 3.28. The standard InChI is InChI=1S/C15H23NO4S/c1-11-4-3-5-14(11)16-21(18,19)15-7-6-13(20-2)10-12(15)8-9-17/h6-7,10-11,14,16-17H,3-5,8-9H2,1-2H3. The summed E-state index contributed by atoms with van der Waals surface area (Å²) in [5, 5.41) is 9.14. The van der Waals surface area contributed by atoms with Gasteiger partial charge < -0.3 is 9.84 Å². The van der Waals surface area contributed by atoms with E-state index in [2.05, 4.69) is 11.6 Å². The molecule has 2 rings (SSSR count). The van der Waals surface area contributed by atoms with Gasteiger partial charge in [-0.3, -0.25) is 0 Å². The molecule has 21 heavy (non-hydrogen) atoms. The second-order valence-electron chi connectivity index (χ2n) is 5.58. The molecule has 2 N–H and O–H groups in total. The highest BCUT2D eigenvalue weighted by atomic mass is 32.2. The number of nitrogens with one attached hydrogen (secondary N) is 1. The van der Waals surface area contributed by atoms with Gasteiger partial charge in [0.05, 0.1) is 12.0 Å². The third kappa shape index (κ3) is 3.75. The van der Waals surface area contributed by atoms with Gasteiger partial charge in [-0.2, -0.15) is 0 Å². The molecule has 1 saturated carbocycles. The van der Waals surface area contributed by atoms with E-state index in [-0.39, 0.29) is 24.0 Å². The van der Waals surface area contributed by atoms with Gasteiger partial charge in [-0.1, -0.05) is 13.3 Å². The van der Waals surface area contributed by atoms with Crippen LogP contribution >= 0.6 is 0 Å². The molecule has 2 atom stereocenters. The number of aliphatic hydroxyl groups is 1. The van der Waals surface area contributed by atoms with Crippen LogP contribution in [0, 0.1) is 5.92 Å². The Balaban J connectivity index is 2.30. The van der Waals surface area contributed by atoms with Crippen LogP contribution in [0.4, 0.5) is 0 Å². The first-order valence-electron chi connectivity index (χ1n) is 7.28. The summed E-state index contributed by atoms with van der Waals surface area (Å²) in [6, 6.07) is 4.85. The summed E-state index contributed by atoms with van der Waals surface area (Å²) in [5.74, 6) is 0.950. The zero-order valence-corrected chi connectivity index (χ0v) is 13.3. The third-order valence-corrected chi connectivity index (χ3v) is 5.70. The van der Waals surface area contributed by atoms with E-state index in [9.17, 15) is 8.42 Å². The number of hydrogen-bond acceptors (Lipinski definition) is 4. The summed E-state index contributed by atoms with van der Waals surface area (Å²) in [5.41, 5.74) is 0.579. The number of rotatable bonds is 6. The van der Waals surface area contributed by atoms with Crippen LogP contribution in [0.25, 0.3) is 0 Å². The number of ether oxygens (including phenoxy) is 1.